The van der Waals surface area contributed by atoms with E-state index in [2.05, 4.69) is 9.97 Å². The largest absolute Gasteiger partial charge is 0.478 e. The molecule has 0 saturated heterocycles. The summed E-state index contributed by atoms with van der Waals surface area (Å²) < 4.78 is 15.1. The second-order valence-corrected chi connectivity index (χ2v) is 7.28. The Hall–Kier alpha value is -4.18. The second-order valence-electron chi connectivity index (χ2n) is 7.28. The van der Waals surface area contributed by atoms with E-state index in [1.54, 1.807) is 29.2 Å². The predicted molar refractivity (Wildman–Crippen MR) is 117 cm³/mol. The average Bonchev–Trinajstić information content (AvgIpc) is 3.24. The summed E-state index contributed by atoms with van der Waals surface area (Å²) in [5, 5.41) is 9.14. The summed E-state index contributed by atoms with van der Waals surface area (Å²) >= 11 is 0. The number of hydrogen-bond acceptors (Lipinski definition) is 8. The van der Waals surface area contributed by atoms with Gasteiger partial charge in [-0.15, -0.1) is 0 Å². The molecule has 0 fully saturated rings. The molecule has 1 aliphatic heterocycles. The number of hydrogen-bond donors (Lipinski definition) is 2. The Bertz CT molecular complexity index is 1260. The number of esters is 2. The van der Waals surface area contributed by atoms with Crippen LogP contribution in [0.4, 0.5) is 5.69 Å². The highest BCUT2D eigenvalue weighted by molar-refractivity contribution is 6.03. The molecule has 2 N–H and O–H groups in total. The van der Waals surface area contributed by atoms with Crippen LogP contribution in [0.5, 0.6) is 0 Å². The fraction of sp³-hybridized carbons (Fsp3) is 0.217. The zero-order valence-electron chi connectivity index (χ0n) is 18.0. The molecule has 0 aliphatic carbocycles. The maximum atomic E-state index is 12.4. The second kappa shape index (κ2) is 9.13. The fourth-order valence-corrected chi connectivity index (χ4v) is 3.61. The van der Waals surface area contributed by atoms with E-state index in [4.69, 9.17) is 19.3 Å². The van der Waals surface area contributed by atoms with Crippen molar-refractivity contribution in [3.05, 3.63) is 70.7 Å². The van der Waals surface area contributed by atoms with E-state index < -0.39 is 17.9 Å². The van der Waals surface area contributed by atoms with Crippen LogP contribution < -0.4 is 4.90 Å². The molecule has 0 saturated carbocycles. The van der Waals surface area contributed by atoms with Gasteiger partial charge in [-0.05, 0) is 35.9 Å². The molecule has 2 aromatic carbocycles. The van der Waals surface area contributed by atoms with Crippen LogP contribution >= 0.6 is 0 Å². The van der Waals surface area contributed by atoms with Gasteiger partial charge < -0.3 is 29.2 Å². The number of H-pyrrole nitrogens is 1. The molecular weight excluding hydrogens is 430 g/mol. The Balaban J connectivity index is 1.59. The van der Waals surface area contributed by atoms with Crippen molar-refractivity contribution in [3.8, 4) is 0 Å². The van der Waals surface area contributed by atoms with Gasteiger partial charge in [0.25, 0.3) is 0 Å². The van der Waals surface area contributed by atoms with E-state index in [-0.39, 0.29) is 30.2 Å². The Labute approximate surface area is 188 Å². The molecule has 10 heteroatoms. The SMILES string of the molecule is COC(=O)C1=C(C(=O)OC)N(c2ccc(Cc3nc4ccc(C(=O)O)cc4[nH]3)cc2)COC1. The van der Waals surface area contributed by atoms with E-state index in [1.165, 1.54) is 20.3 Å². The number of nitrogens with zero attached hydrogens (tertiary/aromatic N) is 2. The highest BCUT2D eigenvalue weighted by Crippen LogP contribution is 2.27. The van der Waals surface area contributed by atoms with Gasteiger partial charge in [-0.1, -0.05) is 12.1 Å². The molecule has 0 unspecified atom stereocenters. The highest BCUT2D eigenvalue weighted by atomic mass is 16.5. The van der Waals surface area contributed by atoms with E-state index in [0.717, 1.165) is 5.56 Å². The number of carboxylic acids is 1. The summed E-state index contributed by atoms with van der Waals surface area (Å²) in [5.41, 5.74) is 3.25. The molecule has 4 rings (SSSR count). The number of aromatic carboxylic acids is 1. The first-order valence-electron chi connectivity index (χ1n) is 9.97. The van der Waals surface area contributed by atoms with Gasteiger partial charge in [-0.2, -0.15) is 0 Å². The monoisotopic (exact) mass is 451 g/mol. The molecule has 0 radical (unpaired) electrons. The minimum absolute atomic E-state index is 0.0542. The minimum atomic E-state index is -0.999. The lowest BCUT2D eigenvalue weighted by Crippen LogP contribution is -2.38. The van der Waals surface area contributed by atoms with Crippen LogP contribution in [0.25, 0.3) is 11.0 Å². The maximum absolute atomic E-state index is 12.4. The molecule has 33 heavy (non-hydrogen) atoms. The molecule has 1 aliphatic rings. The lowest BCUT2D eigenvalue weighted by molar-refractivity contribution is -0.140. The number of anilines is 1. The van der Waals surface area contributed by atoms with Crippen LogP contribution in [0.15, 0.2) is 53.7 Å². The number of carbonyl (C=O) groups is 3. The lowest BCUT2D eigenvalue weighted by Gasteiger charge is -2.31. The first-order chi connectivity index (χ1) is 15.9. The molecule has 1 aromatic heterocycles. The van der Waals surface area contributed by atoms with Crippen molar-refractivity contribution in [2.75, 3.05) is 32.5 Å². The van der Waals surface area contributed by atoms with Crippen LogP contribution in [-0.2, 0) is 30.2 Å². The number of benzene rings is 2. The summed E-state index contributed by atoms with van der Waals surface area (Å²) in [4.78, 5) is 44.9. The molecule has 0 spiro atoms. The first-order valence-corrected chi connectivity index (χ1v) is 9.97. The molecule has 10 nitrogen and oxygen atoms in total. The van der Waals surface area contributed by atoms with Gasteiger partial charge in [0.15, 0.2) is 0 Å². The standard InChI is InChI=1S/C23H21N3O7/c1-31-22(29)16-11-33-12-26(20(16)23(30)32-2)15-6-3-13(4-7-15)9-19-24-17-8-5-14(21(27)28)10-18(17)25-19/h3-8,10H,9,11-12H2,1-2H3,(H,24,25)(H,27,28). The van der Waals surface area contributed by atoms with Crippen molar-refractivity contribution in [3.63, 3.8) is 0 Å². The Morgan fingerprint density at radius 3 is 2.48 bits per heavy atom. The summed E-state index contributed by atoms with van der Waals surface area (Å²) in [5.74, 6) is -1.63. The smallest absolute Gasteiger partial charge is 0.355 e. The number of aromatic amines is 1. The van der Waals surface area contributed by atoms with Crippen LogP contribution in [-0.4, -0.2) is 60.5 Å². The van der Waals surface area contributed by atoms with E-state index in [1.807, 2.05) is 12.1 Å². The predicted octanol–water partition coefficient (Wildman–Crippen LogP) is 2.25. The maximum Gasteiger partial charge on any atom is 0.355 e. The number of nitrogens with one attached hydrogen (secondary N) is 1. The van der Waals surface area contributed by atoms with Crippen molar-refractivity contribution < 1.29 is 33.7 Å². The number of methoxy groups -OCH3 is 2. The van der Waals surface area contributed by atoms with Gasteiger partial charge in [-0.3, -0.25) is 0 Å². The van der Waals surface area contributed by atoms with Gasteiger partial charge in [0, 0.05) is 12.1 Å². The number of fused-ring (bicyclic) bond motifs is 1. The van der Waals surface area contributed by atoms with Gasteiger partial charge >= 0.3 is 17.9 Å². The van der Waals surface area contributed by atoms with E-state index >= 15 is 0 Å². The van der Waals surface area contributed by atoms with Crippen molar-refractivity contribution in [2.45, 2.75) is 6.42 Å². The van der Waals surface area contributed by atoms with Gasteiger partial charge in [-0.25, -0.2) is 19.4 Å². The topological polar surface area (TPSA) is 131 Å². The molecular formula is C23H21N3O7. The lowest BCUT2D eigenvalue weighted by atomic mass is 10.1. The fourth-order valence-electron chi connectivity index (χ4n) is 3.61. The Morgan fingerprint density at radius 1 is 1.09 bits per heavy atom. The molecule has 170 valence electrons. The number of rotatable bonds is 6. The van der Waals surface area contributed by atoms with Crippen LogP contribution in [0.3, 0.4) is 0 Å². The zero-order valence-corrected chi connectivity index (χ0v) is 18.0. The summed E-state index contributed by atoms with van der Waals surface area (Å²) in [7, 11) is 2.48. The number of imidazole rings is 1. The van der Waals surface area contributed by atoms with Crippen molar-refractivity contribution in [1.82, 2.24) is 9.97 Å². The van der Waals surface area contributed by atoms with E-state index in [9.17, 15) is 14.4 Å². The number of ether oxygens (including phenoxy) is 3. The number of carboxylic acid groups (broad SMARTS) is 1. The third kappa shape index (κ3) is 4.41. The Morgan fingerprint density at radius 2 is 1.82 bits per heavy atom. The van der Waals surface area contributed by atoms with Gasteiger partial charge in [0.1, 0.15) is 18.3 Å². The normalized spacial score (nSPS) is 13.8. The zero-order chi connectivity index (χ0) is 23.5. The third-order valence-corrected chi connectivity index (χ3v) is 5.23. The quantitative estimate of drug-likeness (QED) is 0.542. The van der Waals surface area contributed by atoms with Crippen LogP contribution in [0, 0.1) is 0 Å². The van der Waals surface area contributed by atoms with Crippen molar-refractivity contribution in [1.29, 1.82) is 0 Å². The number of aromatic nitrogens is 2. The molecule has 2 heterocycles. The van der Waals surface area contributed by atoms with Crippen molar-refractivity contribution >= 4 is 34.6 Å². The number of carbonyl (C=O) groups excluding carboxylic acids is 2. The summed E-state index contributed by atoms with van der Waals surface area (Å²) in [6.45, 7) is 0.0150. The molecule has 0 atom stereocenters. The average molecular weight is 451 g/mol. The molecule has 0 amide bonds. The summed E-state index contributed by atoms with van der Waals surface area (Å²) in [6.07, 6.45) is 0.487. The highest BCUT2D eigenvalue weighted by Gasteiger charge is 2.32. The first kappa shape index (κ1) is 22.0. The van der Waals surface area contributed by atoms with Gasteiger partial charge in [0.05, 0.1) is 43.0 Å². The van der Waals surface area contributed by atoms with Crippen LogP contribution in [0.2, 0.25) is 0 Å². The van der Waals surface area contributed by atoms with E-state index in [0.29, 0.717) is 29.0 Å². The molecule has 0 bridgehead atoms. The third-order valence-electron chi connectivity index (χ3n) is 5.23. The Kier molecular flexibility index (Phi) is 6.09. The summed E-state index contributed by atoms with van der Waals surface area (Å²) in [6, 6.07) is 12.1. The van der Waals surface area contributed by atoms with Gasteiger partial charge in [0.2, 0.25) is 0 Å². The minimum Gasteiger partial charge on any atom is -0.478 e. The molecule has 3 aromatic rings. The van der Waals surface area contributed by atoms with Crippen LogP contribution in [0.1, 0.15) is 21.7 Å². The van der Waals surface area contributed by atoms with Crippen molar-refractivity contribution in [2.24, 2.45) is 0 Å².